The molecule has 4 heteroatoms. The molecule has 4 aromatic carbocycles. The number of thioether (sulfide) groups is 1. The molecular formula is C29H23ClN2S. The summed E-state index contributed by atoms with van der Waals surface area (Å²) in [6.45, 7) is 5.01. The number of hydrogen-bond acceptors (Lipinski definition) is 2. The number of benzene rings is 4. The van der Waals surface area contributed by atoms with Crippen molar-refractivity contribution in [3.63, 3.8) is 0 Å². The van der Waals surface area contributed by atoms with E-state index in [1.54, 1.807) is 0 Å². The lowest BCUT2D eigenvalue weighted by Gasteiger charge is -2.15. The molecule has 33 heavy (non-hydrogen) atoms. The van der Waals surface area contributed by atoms with Gasteiger partial charge in [0.25, 0.3) is 0 Å². The SMILES string of the molecule is Cc1cc2nc(SC3c4ccccc4-c4ccccc43)n(Cc3ccccc3Cl)c2cc1C. The average molecular weight is 467 g/mol. The van der Waals surface area contributed by atoms with Crippen LogP contribution in [0.1, 0.15) is 33.1 Å². The predicted molar refractivity (Wildman–Crippen MR) is 139 cm³/mol. The van der Waals surface area contributed by atoms with Gasteiger partial charge in [-0.05, 0) is 71.0 Å². The zero-order chi connectivity index (χ0) is 22.5. The Morgan fingerprint density at radius 2 is 1.42 bits per heavy atom. The van der Waals surface area contributed by atoms with E-state index in [0.29, 0.717) is 6.54 Å². The second-order valence-corrected chi connectivity index (χ2v) is 10.1. The van der Waals surface area contributed by atoms with Gasteiger partial charge >= 0.3 is 0 Å². The van der Waals surface area contributed by atoms with Crippen molar-refractivity contribution in [1.29, 1.82) is 0 Å². The zero-order valence-electron chi connectivity index (χ0n) is 18.5. The van der Waals surface area contributed by atoms with Crippen LogP contribution in [0.4, 0.5) is 0 Å². The topological polar surface area (TPSA) is 17.8 Å². The van der Waals surface area contributed by atoms with Crippen LogP contribution in [0.2, 0.25) is 5.02 Å². The van der Waals surface area contributed by atoms with Crippen molar-refractivity contribution in [2.45, 2.75) is 30.8 Å². The molecule has 1 aliphatic rings. The second-order valence-electron chi connectivity index (χ2n) is 8.67. The molecule has 0 saturated carbocycles. The fourth-order valence-corrected chi connectivity index (χ4v) is 6.25. The van der Waals surface area contributed by atoms with Crippen molar-refractivity contribution in [2.24, 2.45) is 0 Å². The summed E-state index contributed by atoms with van der Waals surface area (Å²) in [5.74, 6) is 0. The van der Waals surface area contributed by atoms with Gasteiger partial charge < -0.3 is 4.57 Å². The largest absolute Gasteiger partial charge is 0.314 e. The minimum Gasteiger partial charge on any atom is -0.314 e. The number of aromatic nitrogens is 2. The van der Waals surface area contributed by atoms with Gasteiger partial charge in [0.15, 0.2) is 5.16 Å². The van der Waals surface area contributed by atoms with E-state index in [0.717, 1.165) is 26.8 Å². The fraction of sp³-hybridized carbons (Fsp3) is 0.138. The Labute approximate surface area is 203 Å². The quantitative estimate of drug-likeness (QED) is 0.265. The third-order valence-corrected chi connectivity index (χ3v) is 8.25. The van der Waals surface area contributed by atoms with Gasteiger partial charge in [0.05, 0.1) is 22.8 Å². The first kappa shape index (κ1) is 20.6. The summed E-state index contributed by atoms with van der Waals surface area (Å²) >= 11 is 8.40. The van der Waals surface area contributed by atoms with Crippen molar-refractivity contribution in [3.05, 3.63) is 118 Å². The van der Waals surface area contributed by atoms with E-state index in [4.69, 9.17) is 16.6 Å². The second kappa shape index (κ2) is 8.09. The molecule has 1 aromatic heterocycles. The molecule has 0 N–H and O–H groups in total. The Balaban J connectivity index is 1.51. The molecule has 0 spiro atoms. The monoisotopic (exact) mass is 466 g/mol. The molecule has 5 aromatic rings. The summed E-state index contributed by atoms with van der Waals surface area (Å²) in [5.41, 5.74) is 11.2. The van der Waals surface area contributed by atoms with E-state index >= 15 is 0 Å². The predicted octanol–water partition coefficient (Wildman–Crippen LogP) is 8.22. The van der Waals surface area contributed by atoms with Crippen LogP contribution in [-0.4, -0.2) is 9.55 Å². The molecule has 0 saturated heterocycles. The molecule has 0 unspecified atom stereocenters. The first-order chi connectivity index (χ1) is 16.1. The molecule has 0 amide bonds. The molecule has 0 bridgehead atoms. The van der Waals surface area contributed by atoms with Crippen LogP contribution in [0.25, 0.3) is 22.2 Å². The lowest BCUT2D eigenvalue weighted by atomic mass is 10.1. The van der Waals surface area contributed by atoms with Crippen molar-refractivity contribution in [3.8, 4) is 11.1 Å². The molecule has 0 aliphatic heterocycles. The maximum absolute atomic E-state index is 6.56. The first-order valence-electron chi connectivity index (χ1n) is 11.2. The zero-order valence-corrected chi connectivity index (χ0v) is 20.1. The Morgan fingerprint density at radius 1 is 0.818 bits per heavy atom. The van der Waals surface area contributed by atoms with E-state index in [2.05, 4.69) is 85.1 Å². The van der Waals surface area contributed by atoms with Gasteiger partial charge in [0, 0.05) is 5.02 Å². The van der Waals surface area contributed by atoms with Crippen LogP contribution in [0.3, 0.4) is 0 Å². The molecular weight excluding hydrogens is 444 g/mol. The summed E-state index contributed by atoms with van der Waals surface area (Å²) in [6.07, 6.45) is 0. The summed E-state index contributed by atoms with van der Waals surface area (Å²) in [6, 6.07) is 30.0. The molecule has 0 atom stereocenters. The van der Waals surface area contributed by atoms with Gasteiger partial charge in [-0.25, -0.2) is 4.98 Å². The number of halogens is 1. The Kier molecular flexibility index (Phi) is 5.05. The van der Waals surface area contributed by atoms with Gasteiger partial charge in [0.2, 0.25) is 0 Å². The van der Waals surface area contributed by atoms with Crippen molar-refractivity contribution in [1.82, 2.24) is 9.55 Å². The minimum absolute atomic E-state index is 0.210. The standard InChI is InChI=1S/C29H23ClN2S/c1-18-15-26-27(16-19(18)2)32(17-20-9-3-8-14-25(20)30)29(31-26)33-28-23-12-6-4-10-21(23)22-11-5-7-13-24(22)28/h3-16,28H,17H2,1-2H3. The highest BCUT2D eigenvalue weighted by molar-refractivity contribution is 7.99. The molecule has 0 radical (unpaired) electrons. The van der Waals surface area contributed by atoms with E-state index in [-0.39, 0.29) is 5.25 Å². The van der Waals surface area contributed by atoms with Crippen molar-refractivity contribution in [2.75, 3.05) is 0 Å². The van der Waals surface area contributed by atoms with Crippen LogP contribution in [0.5, 0.6) is 0 Å². The third-order valence-electron chi connectivity index (χ3n) is 6.61. The number of aryl methyl sites for hydroxylation is 2. The van der Waals surface area contributed by atoms with Crippen LogP contribution in [0.15, 0.2) is 90.1 Å². The maximum atomic E-state index is 6.56. The summed E-state index contributed by atoms with van der Waals surface area (Å²) in [7, 11) is 0. The number of imidazole rings is 1. The third kappa shape index (κ3) is 3.47. The van der Waals surface area contributed by atoms with E-state index in [1.165, 1.54) is 33.4 Å². The molecule has 0 fully saturated rings. The van der Waals surface area contributed by atoms with E-state index < -0.39 is 0 Å². The van der Waals surface area contributed by atoms with Crippen LogP contribution < -0.4 is 0 Å². The summed E-state index contributed by atoms with van der Waals surface area (Å²) in [5, 5.41) is 2.02. The molecule has 2 nitrogen and oxygen atoms in total. The van der Waals surface area contributed by atoms with Crippen molar-refractivity contribution >= 4 is 34.4 Å². The highest BCUT2D eigenvalue weighted by atomic mass is 35.5. The normalized spacial score (nSPS) is 12.8. The first-order valence-corrected chi connectivity index (χ1v) is 12.4. The number of fused-ring (bicyclic) bond motifs is 4. The fourth-order valence-electron chi connectivity index (χ4n) is 4.74. The summed E-state index contributed by atoms with van der Waals surface area (Å²) < 4.78 is 2.33. The summed E-state index contributed by atoms with van der Waals surface area (Å²) in [4.78, 5) is 5.13. The van der Waals surface area contributed by atoms with Crippen molar-refractivity contribution < 1.29 is 0 Å². The number of nitrogens with zero attached hydrogens (tertiary/aromatic N) is 2. The number of hydrogen-bond donors (Lipinski definition) is 0. The maximum Gasteiger partial charge on any atom is 0.170 e. The van der Waals surface area contributed by atoms with Gasteiger partial charge in [-0.2, -0.15) is 0 Å². The molecule has 1 heterocycles. The molecule has 1 aliphatic carbocycles. The Bertz CT molecular complexity index is 1470. The number of rotatable bonds is 4. The average Bonchev–Trinajstić information content (AvgIpc) is 3.31. The Morgan fingerprint density at radius 3 is 2.12 bits per heavy atom. The van der Waals surface area contributed by atoms with Crippen LogP contribution in [0, 0.1) is 13.8 Å². The highest BCUT2D eigenvalue weighted by Gasteiger charge is 2.30. The smallest absolute Gasteiger partial charge is 0.170 e. The van der Waals surface area contributed by atoms with Gasteiger partial charge in [-0.1, -0.05) is 90.1 Å². The van der Waals surface area contributed by atoms with E-state index in [1.807, 2.05) is 30.0 Å². The lowest BCUT2D eigenvalue weighted by Crippen LogP contribution is -2.04. The van der Waals surface area contributed by atoms with Crippen LogP contribution >= 0.6 is 23.4 Å². The molecule has 162 valence electrons. The van der Waals surface area contributed by atoms with Gasteiger partial charge in [-0.3, -0.25) is 0 Å². The molecule has 6 rings (SSSR count). The van der Waals surface area contributed by atoms with E-state index in [9.17, 15) is 0 Å². The Hall–Kier alpha value is -3.01. The van der Waals surface area contributed by atoms with Crippen LogP contribution in [-0.2, 0) is 6.54 Å². The van der Waals surface area contributed by atoms with Gasteiger partial charge in [0.1, 0.15) is 0 Å². The highest BCUT2D eigenvalue weighted by Crippen LogP contribution is 2.52. The minimum atomic E-state index is 0.210. The lowest BCUT2D eigenvalue weighted by molar-refractivity contribution is 0.730. The van der Waals surface area contributed by atoms with Gasteiger partial charge in [-0.15, -0.1) is 0 Å².